The number of carboxylic acids is 1. The van der Waals surface area contributed by atoms with Crippen molar-refractivity contribution in [2.24, 2.45) is 7.05 Å². The van der Waals surface area contributed by atoms with Crippen LogP contribution < -0.4 is 0 Å². The molecule has 2 aromatic heterocycles. The van der Waals surface area contributed by atoms with Gasteiger partial charge in [-0.05, 0) is 12.5 Å². The number of H-pyrrole nitrogens is 1. The summed E-state index contributed by atoms with van der Waals surface area (Å²) in [5, 5.41) is 13.3. The van der Waals surface area contributed by atoms with Gasteiger partial charge in [0.2, 0.25) is 0 Å². The molecule has 0 unspecified atom stereocenters. The van der Waals surface area contributed by atoms with Gasteiger partial charge in [0.25, 0.3) is 0 Å². The molecule has 84 valence electrons. The molecule has 0 aromatic carbocycles. The molecular formula is C11H13N3O2. The summed E-state index contributed by atoms with van der Waals surface area (Å²) < 4.78 is 1.70. The lowest BCUT2D eigenvalue weighted by Gasteiger charge is -1.98. The average Bonchev–Trinajstić information content (AvgIpc) is 2.82. The normalized spacial score (nSPS) is 10.6. The molecule has 0 saturated carbocycles. The van der Waals surface area contributed by atoms with Gasteiger partial charge in [0.1, 0.15) is 5.69 Å². The van der Waals surface area contributed by atoms with Gasteiger partial charge in [-0.15, -0.1) is 0 Å². The van der Waals surface area contributed by atoms with Crippen molar-refractivity contribution >= 4 is 5.97 Å². The lowest BCUT2D eigenvalue weighted by atomic mass is 10.1. The number of aryl methyl sites for hydroxylation is 2. The van der Waals surface area contributed by atoms with E-state index in [2.05, 4.69) is 10.1 Å². The standard InChI is InChI=1S/C11H13N3O2/c1-3-9-8(6-14(2)13-9)7-4-5-12-10(7)11(15)16/h4-6,12H,3H2,1-2H3,(H,15,16). The van der Waals surface area contributed by atoms with Crippen molar-refractivity contribution in [2.75, 3.05) is 0 Å². The third-order valence-corrected chi connectivity index (χ3v) is 2.49. The summed E-state index contributed by atoms with van der Waals surface area (Å²) in [7, 11) is 1.83. The van der Waals surface area contributed by atoms with Gasteiger partial charge in [-0.1, -0.05) is 6.92 Å². The maximum atomic E-state index is 11.0. The number of aromatic amines is 1. The van der Waals surface area contributed by atoms with Crippen LogP contribution in [0.4, 0.5) is 0 Å². The molecule has 2 rings (SSSR count). The second-order valence-electron chi connectivity index (χ2n) is 3.59. The fourth-order valence-corrected chi connectivity index (χ4v) is 1.79. The number of aromatic nitrogens is 3. The fraction of sp³-hybridized carbons (Fsp3) is 0.273. The molecule has 0 saturated heterocycles. The first-order valence-electron chi connectivity index (χ1n) is 5.07. The number of hydrogen-bond donors (Lipinski definition) is 2. The van der Waals surface area contributed by atoms with E-state index < -0.39 is 5.97 Å². The van der Waals surface area contributed by atoms with E-state index in [1.54, 1.807) is 16.9 Å². The summed E-state index contributed by atoms with van der Waals surface area (Å²) in [5.41, 5.74) is 2.69. The highest BCUT2D eigenvalue weighted by molar-refractivity contribution is 5.94. The molecular weight excluding hydrogens is 206 g/mol. The predicted molar refractivity (Wildman–Crippen MR) is 59.3 cm³/mol. The maximum absolute atomic E-state index is 11.0. The molecule has 0 aliphatic rings. The Morgan fingerprint density at radius 3 is 2.94 bits per heavy atom. The summed E-state index contributed by atoms with van der Waals surface area (Å²) in [6, 6.07) is 1.76. The topological polar surface area (TPSA) is 70.9 Å². The smallest absolute Gasteiger partial charge is 0.352 e. The van der Waals surface area contributed by atoms with Gasteiger partial charge in [0.05, 0.1) is 5.69 Å². The van der Waals surface area contributed by atoms with Crippen molar-refractivity contribution in [1.29, 1.82) is 0 Å². The minimum absolute atomic E-state index is 0.211. The minimum atomic E-state index is -0.953. The average molecular weight is 219 g/mol. The Morgan fingerprint density at radius 2 is 2.31 bits per heavy atom. The lowest BCUT2D eigenvalue weighted by Crippen LogP contribution is -1.99. The second kappa shape index (κ2) is 3.84. The van der Waals surface area contributed by atoms with E-state index in [9.17, 15) is 4.79 Å². The van der Waals surface area contributed by atoms with Crippen LogP contribution in [0.1, 0.15) is 23.1 Å². The largest absolute Gasteiger partial charge is 0.477 e. The van der Waals surface area contributed by atoms with E-state index in [0.717, 1.165) is 17.7 Å². The van der Waals surface area contributed by atoms with E-state index in [1.165, 1.54) is 0 Å². The fourth-order valence-electron chi connectivity index (χ4n) is 1.79. The number of rotatable bonds is 3. The third kappa shape index (κ3) is 1.60. The first-order chi connectivity index (χ1) is 7.63. The van der Waals surface area contributed by atoms with Crippen LogP contribution in [0.3, 0.4) is 0 Å². The van der Waals surface area contributed by atoms with Crippen molar-refractivity contribution in [3.05, 3.63) is 29.8 Å². The molecule has 0 aliphatic heterocycles. The maximum Gasteiger partial charge on any atom is 0.352 e. The van der Waals surface area contributed by atoms with Gasteiger partial charge in [-0.3, -0.25) is 4.68 Å². The first-order valence-corrected chi connectivity index (χ1v) is 5.07. The van der Waals surface area contributed by atoms with Crippen LogP contribution in [-0.2, 0) is 13.5 Å². The highest BCUT2D eigenvalue weighted by Gasteiger charge is 2.17. The van der Waals surface area contributed by atoms with Crippen LogP contribution in [0, 0.1) is 0 Å². The van der Waals surface area contributed by atoms with Crippen molar-refractivity contribution in [3.63, 3.8) is 0 Å². The zero-order valence-corrected chi connectivity index (χ0v) is 9.19. The van der Waals surface area contributed by atoms with Gasteiger partial charge in [0.15, 0.2) is 0 Å². The van der Waals surface area contributed by atoms with Crippen LogP contribution in [0.5, 0.6) is 0 Å². The second-order valence-corrected chi connectivity index (χ2v) is 3.59. The number of carbonyl (C=O) groups is 1. The van der Waals surface area contributed by atoms with Gasteiger partial charge < -0.3 is 10.1 Å². The molecule has 2 N–H and O–H groups in total. The van der Waals surface area contributed by atoms with Crippen LogP contribution >= 0.6 is 0 Å². The molecule has 5 heteroatoms. The Morgan fingerprint density at radius 1 is 1.56 bits per heavy atom. The Balaban J connectivity index is 2.57. The van der Waals surface area contributed by atoms with Crippen molar-refractivity contribution in [2.45, 2.75) is 13.3 Å². The SMILES string of the molecule is CCc1nn(C)cc1-c1cc[nH]c1C(=O)O. The molecule has 0 spiro atoms. The van der Waals surface area contributed by atoms with Gasteiger partial charge in [-0.2, -0.15) is 5.10 Å². The number of aromatic carboxylic acids is 1. The van der Waals surface area contributed by atoms with E-state index in [0.29, 0.717) is 5.56 Å². The van der Waals surface area contributed by atoms with Crippen LogP contribution in [0.2, 0.25) is 0 Å². The molecule has 0 amide bonds. The van der Waals surface area contributed by atoms with Crippen LogP contribution in [0.15, 0.2) is 18.5 Å². The quantitative estimate of drug-likeness (QED) is 0.824. The van der Waals surface area contributed by atoms with E-state index in [1.807, 2.05) is 20.2 Å². The van der Waals surface area contributed by atoms with Crippen LogP contribution in [0.25, 0.3) is 11.1 Å². The summed E-state index contributed by atoms with van der Waals surface area (Å²) in [5.74, 6) is -0.953. The van der Waals surface area contributed by atoms with Crippen LogP contribution in [-0.4, -0.2) is 25.8 Å². The number of nitrogens with zero attached hydrogens (tertiary/aromatic N) is 2. The molecule has 0 fully saturated rings. The minimum Gasteiger partial charge on any atom is -0.477 e. The van der Waals surface area contributed by atoms with E-state index in [4.69, 9.17) is 5.11 Å². The number of nitrogens with one attached hydrogen (secondary N) is 1. The summed E-state index contributed by atoms with van der Waals surface area (Å²) in [4.78, 5) is 13.7. The highest BCUT2D eigenvalue weighted by atomic mass is 16.4. The third-order valence-electron chi connectivity index (χ3n) is 2.49. The number of hydrogen-bond acceptors (Lipinski definition) is 2. The predicted octanol–water partition coefficient (Wildman–Crippen LogP) is 1.68. The molecule has 0 aliphatic carbocycles. The molecule has 0 atom stereocenters. The van der Waals surface area contributed by atoms with E-state index >= 15 is 0 Å². The highest BCUT2D eigenvalue weighted by Crippen LogP contribution is 2.26. The molecule has 5 nitrogen and oxygen atoms in total. The Labute approximate surface area is 92.7 Å². The summed E-state index contributed by atoms with van der Waals surface area (Å²) in [6.07, 6.45) is 4.25. The number of carboxylic acid groups (broad SMARTS) is 1. The Kier molecular flexibility index (Phi) is 2.52. The van der Waals surface area contributed by atoms with E-state index in [-0.39, 0.29) is 5.69 Å². The zero-order valence-electron chi connectivity index (χ0n) is 9.19. The Bertz CT molecular complexity index is 525. The van der Waals surface area contributed by atoms with Gasteiger partial charge >= 0.3 is 5.97 Å². The van der Waals surface area contributed by atoms with Crippen molar-refractivity contribution < 1.29 is 9.90 Å². The Hall–Kier alpha value is -2.04. The summed E-state index contributed by atoms with van der Waals surface area (Å²) in [6.45, 7) is 2.00. The molecule has 2 heterocycles. The van der Waals surface area contributed by atoms with Gasteiger partial charge in [-0.25, -0.2) is 4.79 Å². The zero-order chi connectivity index (χ0) is 11.7. The molecule has 16 heavy (non-hydrogen) atoms. The van der Waals surface area contributed by atoms with Crippen molar-refractivity contribution in [1.82, 2.24) is 14.8 Å². The first kappa shape index (κ1) is 10.5. The van der Waals surface area contributed by atoms with Gasteiger partial charge in [0, 0.05) is 30.6 Å². The summed E-state index contributed by atoms with van der Waals surface area (Å²) >= 11 is 0. The molecule has 2 aromatic rings. The monoisotopic (exact) mass is 219 g/mol. The molecule has 0 bridgehead atoms. The van der Waals surface area contributed by atoms with Crippen molar-refractivity contribution in [3.8, 4) is 11.1 Å². The lowest BCUT2D eigenvalue weighted by molar-refractivity contribution is 0.0692. The molecule has 0 radical (unpaired) electrons.